The number of anilines is 1. The predicted molar refractivity (Wildman–Crippen MR) is 54.8 cm³/mol. The fraction of sp³-hybridized carbons (Fsp3) is 0.455. The van der Waals surface area contributed by atoms with Crippen molar-refractivity contribution in [2.24, 2.45) is 0 Å². The lowest BCUT2D eigenvalue weighted by molar-refractivity contribution is -0.153. The first-order valence-corrected chi connectivity index (χ1v) is 5.11. The molecular weight excluding hydrogens is 219 g/mol. The van der Waals surface area contributed by atoms with E-state index in [1.54, 1.807) is 12.1 Å². The Hall–Kier alpha value is -1.39. The molecule has 1 heterocycles. The Morgan fingerprint density at radius 2 is 2.12 bits per heavy atom. The first kappa shape index (κ1) is 11.1. The van der Waals surface area contributed by atoms with Crippen LogP contribution in [-0.2, 0) is 6.42 Å². The van der Waals surface area contributed by atoms with Gasteiger partial charge < -0.3 is 10.1 Å². The van der Waals surface area contributed by atoms with E-state index < -0.39 is 12.8 Å². The van der Waals surface area contributed by atoms with Crippen LogP contribution in [0.1, 0.15) is 12.0 Å². The monoisotopic (exact) mass is 231 g/mol. The smallest absolute Gasteiger partial charge is 0.422 e. The first-order chi connectivity index (χ1) is 7.56. The molecule has 5 heteroatoms. The van der Waals surface area contributed by atoms with E-state index in [2.05, 4.69) is 5.32 Å². The molecule has 1 aliphatic rings. The lowest BCUT2D eigenvalue weighted by Gasteiger charge is -2.21. The van der Waals surface area contributed by atoms with Crippen molar-refractivity contribution in [1.82, 2.24) is 0 Å². The zero-order chi connectivity index (χ0) is 11.6. The van der Waals surface area contributed by atoms with Crippen molar-refractivity contribution in [3.63, 3.8) is 0 Å². The Morgan fingerprint density at radius 3 is 2.88 bits per heavy atom. The van der Waals surface area contributed by atoms with E-state index in [-0.39, 0.29) is 0 Å². The Balaban J connectivity index is 2.15. The topological polar surface area (TPSA) is 21.3 Å². The molecule has 0 amide bonds. The summed E-state index contributed by atoms with van der Waals surface area (Å²) in [6, 6.07) is 5.13. The number of hydrogen-bond donors (Lipinski definition) is 1. The maximum atomic E-state index is 12.0. The minimum absolute atomic E-state index is 0.335. The van der Waals surface area contributed by atoms with Crippen molar-refractivity contribution in [2.45, 2.75) is 19.0 Å². The average molecular weight is 231 g/mol. The molecule has 16 heavy (non-hydrogen) atoms. The normalized spacial score (nSPS) is 15.2. The molecule has 1 aromatic rings. The van der Waals surface area contributed by atoms with Crippen LogP contribution >= 0.6 is 0 Å². The molecule has 0 unspecified atom stereocenters. The van der Waals surface area contributed by atoms with Gasteiger partial charge in [-0.15, -0.1) is 0 Å². The first-order valence-electron chi connectivity index (χ1n) is 5.11. The van der Waals surface area contributed by atoms with Gasteiger partial charge in [-0.25, -0.2) is 0 Å². The van der Waals surface area contributed by atoms with E-state index in [4.69, 9.17) is 4.74 Å². The summed E-state index contributed by atoms with van der Waals surface area (Å²) >= 11 is 0. The molecule has 0 aliphatic carbocycles. The van der Waals surface area contributed by atoms with E-state index in [1.807, 2.05) is 6.07 Å². The molecule has 0 saturated carbocycles. The van der Waals surface area contributed by atoms with Crippen LogP contribution in [0.3, 0.4) is 0 Å². The number of fused-ring (bicyclic) bond motifs is 1. The zero-order valence-electron chi connectivity index (χ0n) is 8.60. The van der Waals surface area contributed by atoms with Crippen LogP contribution in [0.5, 0.6) is 5.75 Å². The number of ether oxygens (including phenoxy) is 1. The summed E-state index contributed by atoms with van der Waals surface area (Å²) in [6.45, 7) is -0.376. The van der Waals surface area contributed by atoms with Crippen molar-refractivity contribution in [1.29, 1.82) is 0 Å². The summed E-state index contributed by atoms with van der Waals surface area (Å²) < 4.78 is 40.9. The molecule has 0 aromatic heterocycles. The number of rotatable bonds is 2. The molecule has 2 nitrogen and oxygen atoms in total. The molecule has 1 aromatic carbocycles. The maximum Gasteiger partial charge on any atom is 0.422 e. The van der Waals surface area contributed by atoms with Gasteiger partial charge in [0.2, 0.25) is 0 Å². The molecule has 1 N–H and O–H groups in total. The SMILES string of the molecule is FC(F)(F)COc1cccc2c1CCCN2. The van der Waals surface area contributed by atoms with Crippen molar-refractivity contribution in [2.75, 3.05) is 18.5 Å². The molecule has 0 radical (unpaired) electrons. The Morgan fingerprint density at radius 1 is 1.31 bits per heavy atom. The van der Waals surface area contributed by atoms with Gasteiger partial charge in [0.05, 0.1) is 0 Å². The van der Waals surface area contributed by atoms with Gasteiger partial charge in [0, 0.05) is 17.8 Å². The third-order valence-corrected chi connectivity index (χ3v) is 2.44. The van der Waals surface area contributed by atoms with E-state index >= 15 is 0 Å². The molecule has 0 fully saturated rings. The summed E-state index contributed by atoms with van der Waals surface area (Å²) in [5, 5.41) is 3.14. The van der Waals surface area contributed by atoms with Crippen LogP contribution in [0, 0.1) is 0 Å². The van der Waals surface area contributed by atoms with Gasteiger partial charge in [-0.3, -0.25) is 0 Å². The molecule has 2 rings (SSSR count). The van der Waals surface area contributed by atoms with E-state index in [1.165, 1.54) is 0 Å². The zero-order valence-corrected chi connectivity index (χ0v) is 8.60. The third-order valence-electron chi connectivity index (χ3n) is 2.44. The molecular formula is C11H12F3NO. The van der Waals surface area contributed by atoms with Crippen LogP contribution in [-0.4, -0.2) is 19.3 Å². The van der Waals surface area contributed by atoms with Gasteiger partial charge in [0.25, 0.3) is 0 Å². The van der Waals surface area contributed by atoms with Gasteiger partial charge in [-0.2, -0.15) is 13.2 Å². The number of hydrogen-bond acceptors (Lipinski definition) is 2. The molecule has 1 aliphatic heterocycles. The second-order valence-electron chi connectivity index (χ2n) is 3.72. The Labute approximate surface area is 91.4 Å². The van der Waals surface area contributed by atoms with Crippen LogP contribution in [0.2, 0.25) is 0 Å². The van der Waals surface area contributed by atoms with Crippen molar-refractivity contribution in [3.8, 4) is 5.75 Å². The van der Waals surface area contributed by atoms with Crippen LogP contribution in [0.15, 0.2) is 18.2 Å². The highest BCUT2D eigenvalue weighted by atomic mass is 19.4. The lowest BCUT2D eigenvalue weighted by atomic mass is 10.0. The molecule has 0 bridgehead atoms. The van der Waals surface area contributed by atoms with Gasteiger partial charge >= 0.3 is 6.18 Å². The average Bonchev–Trinajstić information content (AvgIpc) is 2.25. The van der Waals surface area contributed by atoms with E-state index in [0.29, 0.717) is 5.75 Å². The summed E-state index contributed by atoms with van der Waals surface area (Å²) in [5.41, 5.74) is 1.73. The number of alkyl halides is 3. The van der Waals surface area contributed by atoms with Gasteiger partial charge in [0.15, 0.2) is 6.61 Å². The van der Waals surface area contributed by atoms with Crippen molar-refractivity contribution < 1.29 is 17.9 Å². The number of nitrogens with one attached hydrogen (secondary N) is 1. The van der Waals surface area contributed by atoms with Crippen molar-refractivity contribution >= 4 is 5.69 Å². The standard InChI is InChI=1S/C11H12F3NO/c12-11(13,14)7-16-10-5-1-4-9-8(10)3-2-6-15-9/h1,4-5,15H,2-3,6-7H2. The minimum atomic E-state index is -4.29. The fourth-order valence-corrected chi connectivity index (χ4v) is 1.77. The number of benzene rings is 1. The quantitative estimate of drug-likeness (QED) is 0.844. The summed E-state index contributed by atoms with van der Waals surface area (Å²) in [4.78, 5) is 0. The van der Waals surface area contributed by atoms with Gasteiger partial charge in [-0.05, 0) is 25.0 Å². The molecule has 0 atom stereocenters. The molecule has 0 saturated heterocycles. The van der Waals surface area contributed by atoms with Crippen LogP contribution in [0.25, 0.3) is 0 Å². The third kappa shape index (κ3) is 2.59. The second kappa shape index (κ2) is 4.23. The predicted octanol–water partition coefficient (Wildman–Crippen LogP) is 2.99. The number of halogens is 3. The van der Waals surface area contributed by atoms with Crippen LogP contribution < -0.4 is 10.1 Å². The van der Waals surface area contributed by atoms with Gasteiger partial charge in [0.1, 0.15) is 5.75 Å². The molecule has 88 valence electrons. The maximum absolute atomic E-state index is 12.0. The van der Waals surface area contributed by atoms with Crippen molar-refractivity contribution in [3.05, 3.63) is 23.8 Å². The van der Waals surface area contributed by atoms with E-state index in [9.17, 15) is 13.2 Å². The lowest BCUT2D eigenvalue weighted by Crippen LogP contribution is -2.20. The largest absolute Gasteiger partial charge is 0.484 e. The minimum Gasteiger partial charge on any atom is -0.484 e. The highest BCUT2D eigenvalue weighted by molar-refractivity contribution is 5.59. The fourth-order valence-electron chi connectivity index (χ4n) is 1.77. The highest BCUT2D eigenvalue weighted by Crippen LogP contribution is 2.31. The van der Waals surface area contributed by atoms with Gasteiger partial charge in [-0.1, -0.05) is 6.07 Å². The highest BCUT2D eigenvalue weighted by Gasteiger charge is 2.29. The molecule has 0 spiro atoms. The summed E-state index contributed by atoms with van der Waals surface area (Å²) in [5.74, 6) is 0.335. The summed E-state index contributed by atoms with van der Waals surface area (Å²) in [6.07, 6.45) is -2.61. The van der Waals surface area contributed by atoms with E-state index in [0.717, 1.165) is 30.6 Å². The second-order valence-corrected chi connectivity index (χ2v) is 3.72. The van der Waals surface area contributed by atoms with Crippen LogP contribution in [0.4, 0.5) is 18.9 Å². The Bertz CT molecular complexity index is 376. The Kier molecular flexibility index (Phi) is 2.94. The summed E-state index contributed by atoms with van der Waals surface area (Å²) in [7, 11) is 0.